The van der Waals surface area contributed by atoms with Gasteiger partial charge in [-0.3, -0.25) is 0 Å². The molecule has 0 bridgehead atoms. The number of carbonyl (C=O) groups excluding carboxylic acids is 1. The Morgan fingerprint density at radius 3 is 2.88 bits per heavy atom. The summed E-state index contributed by atoms with van der Waals surface area (Å²) in [6.07, 6.45) is 0.525. The largest absolute Gasteiger partial charge is 0.455 e. The number of rotatable bonds is 1. The summed E-state index contributed by atoms with van der Waals surface area (Å²) in [5.41, 5.74) is 2.00. The fourth-order valence-electron chi connectivity index (χ4n) is 3.95. The number of para-hydroxylation sites is 1. The number of amides is 1. The molecule has 136 valence electrons. The number of carbonyl (C=O) groups is 1. The van der Waals surface area contributed by atoms with Crippen LogP contribution < -0.4 is 15.0 Å². The first-order valence-electron chi connectivity index (χ1n) is 8.76. The maximum Gasteiger partial charge on any atom is 0.407 e. The van der Waals surface area contributed by atoms with Crippen LogP contribution >= 0.6 is 11.6 Å². The second-order valence-corrected chi connectivity index (χ2v) is 7.25. The third-order valence-corrected chi connectivity index (χ3v) is 5.51. The predicted molar refractivity (Wildman–Crippen MR) is 101 cm³/mol. The van der Waals surface area contributed by atoms with Crippen LogP contribution in [0, 0.1) is 5.92 Å². The van der Waals surface area contributed by atoms with E-state index in [0.29, 0.717) is 10.9 Å². The van der Waals surface area contributed by atoms with Crippen LogP contribution in [-0.2, 0) is 4.74 Å². The number of alkyl carbamates (subject to hydrolysis) is 1. The topological polar surface area (TPSA) is 50.8 Å². The Kier molecular flexibility index (Phi) is 4.41. The summed E-state index contributed by atoms with van der Waals surface area (Å²) < 4.78 is 11.1. The zero-order valence-electron chi connectivity index (χ0n) is 14.7. The quantitative estimate of drug-likeness (QED) is 0.784. The van der Waals surface area contributed by atoms with Crippen molar-refractivity contribution in [3.05, 3.63) is 53.1 Å². The van der Waals surface area contributed by atoms with Gasteiger partial charge in [0.2, 0.25) is 0 Å². The number of hydrogen-bond donors (Lipinski definition) is 1. The van der Waals surface area contributed by atoms with E-state index in [2.05, 4.69) is 23.2 Å². The highest BCUT2D eigenvalue weighted by Gasteiger charge is 2.42. The molecule has 0 saturated carbocycles. The highest BCUT2D eigenvalue weighted by Crippen LogP contribution is 2.49. The number of halogens is 1. The molecule has 4 rings (SSSR count). The van der Waals surface area contributed by atoms with Gasteiger partial charge in [0.25, 0.3) is 0 Å². The average molecular weight is 373 g/mol. The minimum Gasteiger partial charge on any atom is -0.455 e. The Bertz CT molecular complexity index is 842. The van der Waals surface area contributed by atoms with Crippen LogP contribution in [-0.4, -0.2) is 25.8 Å². The standard InChI is InChI=1S/C20H21ClN2O3/c1-12-9-10-23-15-11-13(21)7-8-17(15)26-16-6-4-3-5-14(16)19(23)18(12)22-20(24)25-2/h3-8,11-12,18-19H,9-10H2,1-2H3,(H,22,24)/t12?,18-,19-/m0/s1. The minimum absolute atomic E-state index is 0.0613. The van der Waals surface area contributed by atoms with Crippen molar-refractivity contribution < 1.29 is 14.3 Å². The summed E-state index contributed by atoms with van der Waals surface area (Å²) in [5.74, 6) is 1.87. The van der Waals surface area contributed by atoms with Gasteiger partial charge in [-0.15, -0.1) is 0 Å². The van der Waals surface area contributed by atoms with E-state index in [0.717, 1.165) is 35.7 Å². The molecular weight excluding hydrogens is 352 g/mol. The van der Waals surface area contributed by atoms with Crippen LogP contribution in [0.4, 0.5) is 10.5 Å². The van der Waals surface area contributed by atoms with Crippen LogP contribution in [0.15, 0.2) is 42.5 Å². The maximum absolute atomic E-state index is 12.0. The zero-order valence-corrected chi connectivity index (χ0v) is 15.5. The van der Waals surface area contributed by atoms with Crippen LogP contribution in [0.5, 0.6) is 11.5 Å². The molecular formula is C20H21ClN2O3. The van der Waals surface area contributed by atoms with Crippen molar-refractivity contribution in [3.8, 4) is 11.5 Å². The number of hydrogen-bond acceptors (Lipinski definition) is 4. The minimum atomic E-state index is -0.419. The molecule has 1 saturated heterocycles. The van der Waals surface area contributed by atoms with E-state index in [1.807, 2.05) is 36.4 Å². The Balaban J connectivity index is 1.87. The van der Waals surface area contributed by atoms with Crippen LogP contribution in [0.1, 0.15) is 24.9 Å². The first-order chi connectivity index (χ1) is 12.6. The molecule has 0 radical (unpaired) electrons. The van der Waals surface area contributed by atoms with Crippen molar-refractivity contribution >= 4 is 23.4 Å². The van der Waals surface area contributed by atoms with Crippen molar-refractivity contribution in [1.29, 1.82) is 0 Å². The molecule has 5 nitrogen and oxygen atoms in total. The molecule has 6 heteroatoms. The maximum atomic E-state index is 12.0. The second-order valence-electron chi connectivity index (χ2n) is 6.82. The number of benzene rings is 2. The van der Waals surface area contributed by atoms with E-state index in [1.54, 1.807) is 0 Å². The molecule has 26 heavy (non-hydrogen) atoms. The van der Waals surface area contributed by atoms with Crippen LogP contribution in [0.3, 0.4) is 0 Å². The summed E-state index contributed by atoms with van der Waals surface area (Å²) in [4.78, 5) is 14.3. The third kappa shape index (κ3) is 2.86. The van der Waals surface area contributed by atoms with Gasteiger partial charge in [-0.1, -0.05) is 36.7 Å². The van der Waals surface area contributed by atoms with Gasteiger partial charge in [-0.2, -0.15) is 0 Å². The van der Waals surface area contributed by atoms with Gasteiger partial charge in [-0.25, -0.2) is 4.79 Å². The van der Waals surface area contributed by atoms with E-state index in [9.17, 15) is 4.79 Å². The first kappa shape index (κ1) is 17.0. The summed E-state index contributed by atoms with van der Waals surface area (Å²) in [6.45, 7) is 3.02. The Morgan fingerprint density at radius 2 is 2.08 bits per heavy atom. The van der Waals surface area contributed by atoms with Crippen molar-refractivity contribution in [1.82, 2.24) is 5.32 Å². The fourth-order valence-corrected chi connectivity index (χ4v) is 4.12. The lowest BCUT2D eigenvalue weighted by atomic mass is 9.82. The summed E-state index contributed by atoms with van der Waals surface area (Å²) >= 11 is 6.27. The van der Waals surface area contributed by atoms with Crippen LogP contribution in [0.2, 0.25) is 5.02 Å². The van der Waals surface area contributed by atoms with Crippen LogP contribution in [0.25, 0.3) is 0 Å². The Labute approximate surface area is 157 Å². The van der Waals surface area contributed by atoms with Crippen molar-refractivity contribution in [2.75, 3.05) is 18.6 Å². The normalized spacial score (nSPS) is 23.7. The average Bonchev–Trinajstić information content (AvgIpc) is 2.78. The number of fused-ring (bicyclic) bond motifs is 5. The molecule has 2 aliphatic heterocycles. The van der Waals surface area contributed by atoms with Gasteiger partial charge in [0, 0.05) is 17.1 Å². The molecule has 0 aliphatic carbocycles. The van der Waals surface area contributed by atoms with Crippen molar-refractivity contribution in [2.45, 2.75) is 25.4 Å². The molecule has 1 fully saturated rings. The van der Waals surface area contributed by atoms with E-state index in [-0.39, 0.29) is 12.1 Å². The number of nitrogens with one attached hydrogen (secondary N) is 1. The van der Waals surface area contributed by atoms with E-state index >= 15 is 0 Å². The van der Waals surface area contributed by atoms with Gasteiger partial charge in [0.1, 0.15) is 5.75 Å². The van der Waals surface area contributed by atoms with Crippen molar-refractivity contribution in [3.63, 3.8) is 0 Å². The molecule has 2 aromatic rings. The first-order valence-corrected chi connectivity index (χ1v) is 9.13. The van der Waals surface area contributed by atoms with Gasteiger partial charge in [0.15, 0.2) is 5.75 Å². The Hall–Kier alpha value is -2.40. The highest BCUT2D eigenvalue weighted by molar-refractivity contribution is 6.31. The van der Waals surface area contributed by atoms with Crippen molar-refractivity contribution in [2.24, 2.45) is 5.92 Å². The molecule has 1 unspecified atom stereocenters. The molecule has 0 spiro atoms. The molecule has 1 N–H and O–H groups in total. The summed E-state index contributed by atoms with van der Waals surface area (Å²) in [6, 6.07) is 13.5. The molecule has 1 amide bonds. The van der Waals surface area contributed by atoms with Gasteiger partial charge >= 0.3 is 6.09 Å². The predicted octanol–water partition coefficient (Wildman–Crippen LogP) is 4.76. The number of methoxy groups -OCH3 is 1. The van der Waals surface area contributed by atoms with E-state index in [4.69, 9.17) is 21.1 Å². The SMILES string of the molecule is COC(=O)N[C@H]1C(C)CCN2c3cc(Cl)ccc3Oc3ccccc3[C@@H]12. The zero-order chi connectivity index (χ0) is 18.3. The number of nitrogens with zero attached hydrogens (tertiary/aromatic N) is 1. The number of ether oxygens (including phenoxy) is 2. The number of piperidine rings is 1. The fraction of sp³-hybridized carbons (Fsp3) is 0.350. The molecule has 2 aromatic carbocycles. The lowest BCUT2D eigenvalue weighted by Crippen LogP contribution is -2.53. The van der Waals surface area contributed by atoms with Gasteiger partial charge in [-0.05, 0) is 36.6 Å². The second kappa shape index (κ2) is 6.72. The monoisotopic (exact) mass is 372 g/mol. The molecule has 2 aliphatic rings. The third-order valence-electron chi connectivity index (χ3n) is 5.27. The van der Waals surface area contributed by atoms with E-state index in [1.165, 1.54) is 7.11 Å². The smallest absolute Gasteiger partial charge is 0.407 e. The highest BCUT2D eigenvalue weighted by atomic mass is 35.5. The lowest BCUT2D eigenvalue weighted by Gasteiger charge is -2.45. The van der Waals surface area contributed by atoms with Gasteiger partial charge in [0.05, 0.1) is 24.9 Å². The molecule has 0 aromatic heterocycles. The number of anilines is 1. The summed E-state index contributed by atoms with van der Waals surface area (Å²) in [7, 11) is 1.39. The molecule has 2 heterocycles. The lowest BCUT2D eigenvalue weighted by molar-refractivity contribution is 0.154. The summed E-state index contributed by atoms with van der Waals surface area (Å²) in [5, 5.41) is 3.70. The molecule has 3 atom stereocenters. The Morgan fingerprint density at radius 1 is 1.27 bits per heavy atom. The van der Waals surface area contributed by atoms with Gasteiger partial charge < -0.3 is 19.7 Å². The van der Waals surface area contributed by atoms with E-state index < -0.39 is 6.09 Å².